The molecular weight excluding hydrogens is 273 g/mol. The number of hydrogen-bond acceptors (Lipinski definition) is 2. The molecule has 0 bridgehead atoms. The number of halogens is 3. The van der Waals surface area contributed by atoms with Crippen LogP contribution in [0.2, 0.25) is 0 Å². The molecule has 0 spiro atoms. The summed E-state index contributed by atoms with van der Waals surface area (Å²) in [5.41, 5.74) is -0.756. The zero-order chi connectivity index (χ0) is 14.9. The highest BCUT2D eigenvalue weighted by atomic mass is 19.4. The monoisotopic (exact) mass is 282 g/mol. The van der Waals surface area contributed by atoms with Crippen molar-refractivity contribution in [1.29, 1.82) is 0 Å². The molecule has 1 heterocycles. The first-order valence-electron chi connectivity index (χ1n) is 5.57. The van der Waals surface area contributed by atoms with Gasteiger partial charge in [-0.15, -0.1) is 6.42 Å². The number of alkyl halides is 3. The number of carbonyl (C=O) groups excluding carboxylic acids is 2. The predicted molar refractivity (Wildman–Crippen MR) is 64.7 cm³/mol. The molecule has 1 aromatic rings. The maximum absolute atomic E-state index is 12.4. The molecule has 0 N–H and O–H groups in total. The summed E-state index contributed by atoms with van der Waals surface area (Å²) in [4.78, 5) is 25.6. The Morgan fingerprint density at radius 1 is 1.20 bits per heavy atom. The molecule has 1 aromatic carbocycles. The number of benzene rings is 1. The molecule has 1 aliphatic heterocycles. The van der Waals surface area contributed by atoms with Gasteiger partial charge < -0.3 is 4.90 Å². The second kappa shape index (κ2) is 4.89. The summed E-state index contributed by atoms with van der Waals surface area (Å²) in [5.74, 6) is 1.72. The maximum atomic E-state index is 12.4. The summed E-state index contributed by atoms with van der Waals surface area (Å²) in [5, 5.41) is 0. The third-order valence-electron chi connectivity index (χ3n) is 2.77. The fraction of sp³-hybridized carbons (Fsp3) is 0.231. The number of anilines is 1. The molecule has 1 aliphatic rings. The van der Waals surface area contributed by atoms with E-state index in [1.165, 1.54) is 0 Å². The van der Waals surface area contributed by atoms with Crippen molar-refractivity contribution in [3.63, 3.8) is 0 Å². The SMILES string of the molecule is C#CCN1CC(=O)N(c2ccc(C(F)(F)F)cc2)C1=O. The number of urea groups is 1. The van der Waals surface area contributed by atoms with Crippen molar-refractivity contribution in [3.8, 4) is 12.3 Å². The highest BCUT2D eigenvalue weighted by Gasteiger charge is 2.37. The summed E-state index contributed by atoms with van der Waals surface area (Å²) >= 11 is 0. The van der Waals surface area contributed by atoms with Crippen LogP contribution in [0.25, 0.3) is 0 Å². The first kappa shape index (κ1) is 13.9. The van der Waals surface area contributed by atoms with Crippen LogP contribution >= 0.6 is 0 Å². The predicted octanol–water partition coefficient (Wildman–Crippen LogP) is 2.11. The number of nitrogens with zero attached hydrogens (tertiary/aromatic N) is 2. The van der Waals surface area contributed by atoms with E-state index in [0.717, 1.165) is 34.1 Å². The Labute approximate surface area is 112 Å². The normalized spacial score (nSPS) is 15.7. The van der Waals surface area contributed by atoms with Crippen molar-refractivity contribution >= 4 is 17.6 Å². The van der Waals surface area contributed by atoms with Crippen molar-refractivity contribution in [2.24, 2.45) is 0 Å². The molecule has 20 heavy (non-hydrogen) atoms. The summed E-state index contributed by atoms with van der Waals surface area (Å²) in [6, 6.07) is 3.17. The van der Waals surface area contributed by atoms with Crippen molar-refractivity contribution in [2.75, 3.05) is 18.0 Å². The lowest BCUT2D eigenvalue weighted by Crippen LogP contribution is -2.33. The van der Waals surface area contributed by atoms with Gasteiger partial charge in [0.15, 0.2) is 0 Å². The number of carbonyl (C=O) groups is 2. The summed E-state index contributed by atoms with van der Waals surface area (Å²) in [7, 11) is 0. The molecule has 0 unspecified atom stereocenters. The zero-order valence-corrected chi connectivity index (χ0v) is 10.1. The van der Waals surface area contributed by atoms with Gasteiger partial charge in [0.05, 0.1) is 17.8 Å². The Morgan fingerprint density at radius 2 is 1.80 bits per heavy atom. The third-order valence-corrected chi connectivity index (χ3v) is 2.77. The number of terminal acetylenes is 1. The van der Waals surface area contributed by atoms with Gasteiger partial charge in [-0.1, -0.05) is 5.92 Å². The van der Waals surface area contributed by atoms with Crippen molar-refractivity contribution in [3.05, 3.63) is 29.8 Å². The second-order valence-electron chi connectivity index (χ2n) is 4.12. The first-order valence-corrected chi connectivity index (χ1v) is 5.57. The van der Waals surface area contributed by atoms with Crippen LogP contribution in [0.15, 0.2) is 24.3 Å². The van der Waals surface area contributed by atoms with Gasteiger partial charge in [-0.05, 0) is 24.3 Å². The number of imide groups is 1. The van der Waals surface area contributed by atoms with Gasteiger partial charge in [-0.3, -0.25) is 4.79 Å². The van der Waals surface area contributed by atoms with E-state index < -0.39 is 23.7 Å². The van der Waals surface area contributed by atoms with Crippen molar-refractivity contribution in [1.82, 2.24) is 4.90 Å². The van der Waals surface area contributed by atoms with Crippen LogP contribution in [0.5, 0.6) is 0 Å². The van der Waals surface area contributed by atoms with Crippen LogP contribution in [0, 0.1) is 12.3 Å². The van der Waals surface area contributed by atoms with Crippen LogP contribution in [-0.4, -0.2) is 29.9 Å². The first-order chi connectivity index (χ1) is 9.34. The van der Waals surface area contributed by atoms with Gasteiger partial charge in [-0.25, -0.2) is 9.69 Å². The molecule has 0 aliphatic carbocycles. The Bertz CT molecular complexity index is 587. The zero-order valence-electron chi connectivity index (χ0n) is 10.1. The molecule has 0 radical (unpaired) electrons. The quantitative estimate of drug-likeness (QED) is 0.615. The largest absolute Gasteiger partial charge is 0.416 e. The molecule has 7 heteroatoms. The van der Waals surface area contributed by atoms with Gasteiger partial charge in [0.2, 0.25) is 0 Å². The lowest BCUT2D eigenvalue weighted by molar-refractivity contribution is -0.137. The minimum absolute atomic E-state index is 0.0261. The van der Waals surface area contributed by atoms with Crippen LogP contribution in [0.1, 0.15) is 5.56 Å². The standard InChI is InChI=1S/C13H9F3N2O2/c1-2-7-17-8-11(19)18(12(17)20)10-5-3-9(4-6-10)13(14,15)16/h1,3-6H,7-8H2. The Morgan fingerprint density at radius 3 is 2.30 bits per heavy atom. The molecule has 3 amide bonds. The van der Waals surface area contributed by atoms with E-state index in [-0.39, 0.29) is 18.8 Å². The van der Waals surface area contributed by atoms with Gasteiger partial charge in [0.1, 0.15) is 6.54 Å². The minimum atomic E-state index is -4.47. The smallest absolute Gasteiger partial charge is 0.303 e. The Hall–Kier alpha value is -2.49. The minimum Gasteiger partial charge on any atom is -0.303 e. The van der Waals surface area contributed by atoms with E-state index >= 15 is 0 Å². The number of hydrogen-bond donors (Lipinski definition) is 0. The molecule has 0 saturated carbocycles. The van der Waals surface area contributed by atoms with E-state index in [9.17, 15) is 22.8 Å². The van der Waals surface area contributed by atoms with Gasteiger partial charge in [0, 0.05) is 0 Å². The molecule has 1 fully saturated rings. The van der Waals surface area contributed by atoms with Gasteiger partial charge >= 0.3 is 12.2 Å². The van der Waals surface area contributed by atoms with Crippen LogP contribution < -0.4 is 4.90 Å². The molecule has 4 nitrogen and oxygen atoms in total. The van der Waals surface area contributed by atoms with Gasteiger partial charge in [0.25, 0.3) is 5.91 Å². The van der Waals surface area contributed by atoms with Crippen LogP contribution in [0.3, 0.4) is 0 Å². The molecule has 1 saturated heterocycles. The third kappa shape index (κ3) is 2.45. The molecule has 0 aromatic heterocycles. The average molecular weight is 282 g/mol. The summed E-state index contributed by atoms with van der Waals surface area (Å²) in [6.45, 7) is -0.203. The Kier molecular flexibility index (Phi) is 3.40. The lowest BCUT2D eigenvalue weighted by atomic mass is 10.2. The number of rotatable bonds is 2. The van der Waals surface area contributed by atoms with E-state index in [0.29, 0.717) is 0 Å². The van der Waals surface area contributed by atoms with Crippen LogP contribution in [-0.2, 0) is 11.0 Å². The fourth-order valence-corrected chi connectivity index (χ4v) is 1.84. The fourth-order valence-electron chi connectivity index (χ4n) is 1.84. The maximum Gasteiger partial charge on any atom is 0.416 e. The van der Waals surface area contributed by atoms with E-state index in [1.807, 2.05) is 0 Å². The number of amides is 3. The topological polar surface area (TPSA) is 40.6 Å². The summed E-state index contributed by atoms with van der Waals surface area (Å²) < 4.78 is 37.3. The van der Waals surface area contributed by atoms with Crippen molar-refractivity contribution in [2.45, 2.75) is 6.18 Å². The van der Waals surface area contributed by atoms with Crippen LogP contribution in [0.4, 0.5) is 23.7 Å². The molecule has 0 atom stereocenters. The summed E-state index contributed by atoms with van der Waals surface area (Å²) in [6.07, 6.45) is 0.604. The van der Waals surface area contributed by atoms with Crippen molar-refractivity contribution < 1.29 is 22.8 Å². The average Bonchev–Trinajstić information content (AvgIpc) is 2.64. The molecular formula is C13H9F3N2O2. The van der Waals surface area contributed by atoms with Gasteiger partial charge in [-0.2, -0.15) is 13.2 Å². The Balaban J connectivity index is 2.26. The van der Waals surface area contributed by atoms with E-state index in [2.05, 4.69) is 5.92 Å². The molecule has 104 valence electrons. The molecule has 2 rings (SSSR count). The highest BCUT2D eigenvalue weighted by Crippen LogP contribution is 2.31. The lowest BCUT2D eigenvalue weighted by Gasteiger charge is -2.16. The second-order valence-corrected chi connectivity index (χ2v) is 4.12. The highest BCUT2D eigenvalue weighted by molar-refractivity contribution is 6.19. The van der Waals surface area contributed by atoms with E-state index in [1.54, 1.807) is 0 Å². The van der Waals surface area contributed by atoms with E-state index in [4.69, 9.17) is 6.42 Å².